The van der Waals surface area contributed by atoms with Crippen molar-refractivity contribution in [3.63, 3.8) is 0 Å². The van der Waals surface area contributed by atoms with Crippen LogP contribution in [-0.2, 0) is 19.5 Å². The first-order chi connectivity index (χ1) is 13.2. The number of hydrogen-bond acceptors (Lipinski definition) is 3. The van der Waals surface area contributed by atoms with Gasteiger partial charge in [-0.1, -0.05) is 47.5 Å². The van der Waals surface area contributed by atoms with E-state index in [9.17, 15) is 0 Å². The number of nitrogens with zero attached hydrogens (tertiary/aromatic N) is 3. The average molecular weight is 399 g/mol. The third-order valence-corrected chi connectivity index (χ3v) is 5.23. The van der Waals surface area contributed by atoms with Crippen LogP contribution in [0, 0.1) is 11.3 Å². The number of aromatic nitrogens is 2. The summed E-state index contributed by atoms with van der Waals surface area (Å²) in [4.78, 5) is 4.28. The second-order valence-corrected chi connectivity index (χ2v) is 7.10. The lowest BCUT2D eigenvalue weighted by Gasteiger charge is -2.10. The Balaban J connectivity index is 1.47. The SMILES string of the molecule is N#Cc1ccc(Cn2cncc2CCCNCc2cccc(Cl)c2Cl)cc1. The summed E-state index contributed by atoms with van der Waals surface area (Å²) in [5.74, 6) is 0. The largest absolute Gasteiger partial charge is 0.330 e. The number of rotatable bonds is 8. The van der Waals surface area contributed by atoms with Crippen molar-refractivity contribution in [2.24, 2.45) is 0 Å². The van der Waals surface area contributed by atoms with Crippen molar-refractivity contribution in [3.05, 3.63) is 87.4 Å². The summed E-state index contributed by atoms with van der Waals surface area (Å²) in [6, 6.07) is 15.5. The molecule has 4 nitrogen and oxygen atoms in total. The maximum Gasteiger partial charge on any atom is 0.0991 e. The van der Waals surface area contributed by atoms with Crippen LogP contribution in [0.3, 0.4) is 0 Å². The van der Waals surface area contributed by atoms with Gasteiger partial charge in [-0.05, 0) is 48.7 Å². The molecule has 0 amide bonds. The molecule has 1 heterocycles. The molecule has 0 atom stereocenters. The van der Waals surface area contributed by atoms with Crippen LogP contribution >= 0.6 is 23.2 Å². The van der Waals surface area contributed by atoms with Crippen LogP contribution in [0.5, 0.6) is 0 Å². The van der Waals surface area contributed by atoms with E-state index in [0.717, 1.165) is 37.1 Å². The van der Waals surface area contributed by atoms with Gasteiger partial charge in [0.05, 0.1) is 28.0 Å². The zero-order valence-electron chi connectivity index (χ0n) is 14.8. The standard InChI is InChI=1S/C21H20Cl2N4/c22-20-5-1-3-18(21(20)23)12-25-10-2-4-19-13-26-15-27(19)14-17-8-6-16(11-24)7-9-17/h1,3,5-9,13,15,25H,2,4,10,12,14H2. The van der Waals surface area contributed by atoms with Gasteiger partial charge in [0.2, 0.25) is 0 Å². The third-order valence-electron chi connectivity index (χ3n) is 4.37. The molecule has 3 aromatic rings. The number of benzene rings is 2. The number of nitrogens with one attached hydrogen (secondary N) is 1. The van der Waals surface area contributed by atoms with E-state index in [1.807, 2.05) is 48.9 Å². The molecule has 6 heteroatoms. The summed E-state index contributed by atoms with van der Waals surface area (Å²) in [5, 5.41) is 13.5. The molecule has 0 radical (unpaired) electrons. The number of halogens is 2. The van der Waals surface area contributed by atoms with Gasteiger partial charge in [0.15, 0.2) is 0 Å². The summed E-state index contributed by atoms with van der Waals surface area (Å²) in [7, 11) is 0. The van der Waals surface area contributed by atoms with Gasteiger partial charge in [-0.15, -0.1) is 0 Å². The van der Waals surface area contributed by atoms with Crippen molar-refractivity contribution < 1.29 is 0 Å². The molecule has 0 saturated heterocycles. The van der Waals surface area contributed by atoms with Gasteiger partial charge in [-0.3, -0.25) is 0 Å². The Hall–Kier alpha value is -2.32. The Bertz CT molecular complexity index is 926. The number of hydrogen-bond donors (Lipinski definition) is 1. The van der Waals surface area contributed by atoms with Crippen LogP contribution in [0.1, 0.15) is 28.8 Å². The summed E-state index contributed by atoms with van der Waals surface area (Å²) in [6.07, 6.45) is 5.70. The Morgan fingerprint density at radius 3 is 2.70 bits per heavy atom. The highest BCUT2D eigenvalue weighted by atomic mass is 35.5. The Kier molecular flexibility index (Phi) is 6.89. The summed E-state index contributed by atoms with van der Waals surface area (Å²) in [6.45, 7) is 2.33. The first kappa shape index (κ1) is 19.4. The molecule has 2 aromatic carbocycles. The Morgan fingerprint density at radius 2 is 1.93 bits per heavy atom. The first-order valence-corrected chi connectivity index (χ1v) is 9.54. The van der Waals surface area contributed by atoms with Crippen molar-refractivity contribution in [2.45, 2.75) is 25.9 Å². The molecular formula is C21H20Cl2N4. The van der Waals surface area contributed by atoms with E-state index in [0.29, 0.717) is 22.2 Å². The predicted molar refractivity (Wildman–Crippen MR) is 109 cm³/mol. The molecule has 0 saturated carbocycles. The van der Waals surface area contributed by atoms with Crippen molar-refractivity contribution in [2.75, 3.05) is 6.54 Å². The van der Waals surface area contributed by atoms with E-state index in [1.54, 1.807) is 6.07 Å². The zero-order valence-corrected chi connectivity index (χ0v) is 16.3. The van der Waals surface area contributed by atoms with Gasteiger partial charge >= 0.3 is 0 Å². The fourth-order valence-electron chi connectivity index (χ4n) is 2.88. The van der Waals surface area contributed by atoms with Gasteiger partial charge in [0.1, 0.15) is 0 Å². The lowest BCUT2D eigenvalue weighted by molar-refractivity contribution is 0.629. The van der Waals surface area contributed by atoms with Crippen LogP contribution < -0.4 is 5.32 Å². The highest BCUT2D eigenvalue weighted by molar-refractivity contribution is 6.42. The molecule has 138 valence electrons. The second kappa shape index (κ2) is 9.57. The number of imidazole rings is 1. The molecule has 1 N–H and O–H groups in total. The molecule has 0 bridgehead atoms. The Labute approximate surface area is 169 Å². The van der Waals surface area contributed by atoms with Crippen LogP contribution in [0.15, 0.2) is 55.0 Å². The number of aryl methyl sites for hydroxylation is 1. The average Bonchev–Trinajstić information content (AvgIpc) is 3.12. The molecule has 0 spiro atoms. The molecule has 1 aromatic heterocycles. The van der Waals surface area contributed by atoms with E-state index in [-0.39, 0.29) is 0 Å². The molecular weight excluding hydrogens is 379 g/mol. The summed E-state index contributed by atoms with van der Waals surface area (Å²) < 4.78 is 2.15. The fourth-order valence-corrected chi connectivity index (χ4v) is 3.27. The van der Waals surface area contributed by atoms with Crippen molar-refractivity contribution >= 4 is 23.2 Å². The van der Waals surface area contributed by atoms with E-state index >= 15 is 0 Å². The third kappa shape index (κ3) is 5.33. The lowest BCUT2D eigenvalue weighted by Crippen LogP contribution is -2.16. The second-order valence-electron chi connectivity index (χ2n) is 6.31. The molecule has 0 aliphatic carbocycles. The monoisotopic (exact) mass is 398 g/mol. The van der Waals surface area contributed by atoms with Crippen LogP contribution in [0.25, 0.3) is 0 Å². The van der Waals surface area contributed by atoms with E-state index in [1.165, 1.54) is 5.69 Å². The minimum absolute atomic E-state index is 0.586. The van der Waals surface area contributed by atoms with Gasteiger partial charge in [-0.2, -0.15) is 5.26 Å². The topological polar surface area (TPSA) is 53.6 Å². The normalized spacial score (nSPS) is 10.7. The summed E-state index contributed by atoms with van der Waals surface area (Å²) in [5.41, 5.74) is 4.04. The smallest absolute Gasteiger partial charge is 0.0991 e. The molecule has 0 fully saturated rings. The quantitative estimate of drug-likeness (QED) is 0.552. The van der Waals surface area contributed by atoms with Gasteiger partial charge in [0.25, 0.3) is 0 Å². The highest BCUT2D eigenvalue weighted by Gasteiger charge is 2.05. The van der Waals surface area contributed by atoms with Crippen molar-refractivity contribution in [3.8, 4) is 6.07 Å². The summed E-state index contributed by atoms with van der Waals surface area (Å²) >= 11 is 12.2. The van der Waals surface area contributed by atoms with Gasteiger partial charge in [0, 0.05) is 25.0 Å². The number of nitriles is 1. The lowest BCUT2D eigenvalue weighted by atomic mass is 10.1. The van der Waals surface area contributed by atoms with E-state index in [2.05, 4.69) is 20.9 Å². The zero-order chi connectivity index (χ0) is 19.1. The van der Waals surface area contributed by atoms with Crippen molar-refractivity contribution in [1.29, 1.82) is 5.26 Å². The molecule has 27 heavy (non-hydrogen) atoms. The van der Waals surface area contributed by atoms with Gasteiger partial charge in [-0.25, -0.2) is 4.98 Å². The van der Waals surface area contributed by atoms with E-state index in [4.69, 9.17) is 28.5 Å². The first-order valence-electron chi connectivity index (χ1n) is 8.79. The molecule has 0 aliphatic rings. The molecule has 3 rings (SSSR count). The predicted octanol–water partition coefficient (Wildman–Crippen LogP) is 4.83. The maximum atomic E-state index is 8.89. The maximum absolute atomic E-state index is 8.89. The fraction of sp³-hybridized carbons (Fsp3) is 0.238. The molecule has 0 aliphatic heterocycles. The highest BCUT2D eigenvalue weighted by Crippen LogP contribution is 2.25. The van der Waals surface area contributed by atoms with E-state index < -0.39 is 0 Å². The minimum Gasteiger partial charge on any atom is -0.330 e. The minimum atomic E-state index is 0.586. The van der Waals surface area contributed by atoms with Gasteiger partial charge < -0.3 is 9.88 Å². The van der Waals surface area contributed by atoms with Crippen LogP contribution in [0.4, 0.5) is 0 Å². The Morgan fingerprint density at radius 1 is 1.11 bits per heavy atom. The van der Waals surface area contributed by atoms with Crippen molar-refractivity contribution in [1.82, 2.24) is 14.9 Å². The molecule has 0 unspecified atom stereocenters. The van der Waals surface area contributed by atoms with Crippen LogP contribution in [-0.4, -0.2) is 16.1 Å². The van der Waals surface area contributed by atoms with Crippen LogP contribution in [0.2, 0.25) is 10.0 Å².